The molecule has 3 fully saturated rings. The largest absolute Gasteiger partial charge is 0.504 e. The molecule has 1 aromatic rings. The average molecular weight is 666 g/mol. The SMILES string of the molecule is COc1cc(C2C3=CCC4C(=O)N(CCC(=O)O)C(=O)C4C3CC3C(=O)N(CCC(=O)O)C(=O)C32)cc(I)c1O. The van der Waals surface area contributed by atoms with E-state index in [1.165, 1.54) is 7.11 Å². The third-order valence-electron chi connectivity index (χ3n) is 8.56. The molecule has 212 valence electrons. The smallest absolute Gasteiger partial charge is 0.305 e. The number of methoxy groups -OCH3 is 1. The molecule has 5 rings (SSSR count). The van der Waals surface area contributed by atoms with Crippen LogP contribution in [0.25, 0.3) is 0 Å². The predicted molar refractivity (Wildman–Crippen MR) is 143 cm³/mol. The number of allylic oxidation sites excluding steroid dienone is 2. The van der Waals surface area contributed by atoms with E-state index in [1.807, 2.05) is 28.7 Å². The summed E-state index contributed by atoms with van der Waals surface area (Å²) in [6, 6.07) is 3.28. The minimum absolute atomic E-state index is 0.0870. The second kappa shape index (κ2) is 10.5. The van der Waals surface area contributed by atoms with Gasteiger partial charge in [-0.3, -0.25) is 38.6 Å². The van der Waals surface area contributed by atoms with E-state index in [0.29, 0.717) is 9.13 Å². The van der Waals surface area contributed by atoms with E-state index in [2.05, 4.69) is 0 Å². The van der Waals surface area contributed by atoms with Gasteiger partial charge in [0.15, 0.2) is 11.5 Å². The molecule has 1 saturated carbocycles. The highest BCUT2D eigenvalue weighted by Gasteiger charge is 2.61. The molecule has 2 aliphatic carbocycles. The van der Waals surface area contributed by atoms with Crippen molar-refractivity contribution in [2.45, 2.75) is 31.6 Å². The van der Waals surface area contributed by atoms with Crippen molar-refractivity contribution in [1.29, 1.82) is 0 Å². The molecular weight excluding hydrogens is 639 g/mol. The number of nitrogens with zero attached hydrogens (tertiary/aromatic N) is 2. The van der Waals surface area contributed by atoms with Gasteiger partial charge in [0.1, 0.15) is 0 Å². The van der Waals surface area contributed by atoms with E-state index in [0.717, 1.165) is 15.4 Å². The maximum Gasteiger partial charge on any atom is 0.305 e. The molecule has 40 heavy (non-hydrogen) atoms. The van der Waals surface area contributed by atoms with E-state index in [1.54, 1.807) is 12.1 Å². The van der Waals surface area contributed by atoms with Crippen LogP contribution in [-0.2, 0) is 28.8 Å². The number of amides is 4. The first-order chi connectivity index (χ1) is 19.0. The molecule has 12 nitrogen and oxygen atoms in total. The zero-order valence-electron chi connectivity index (χ0n) is 21.4. The van der Waals surface area contributed by atoms with Crippen LogP contribution in [0.3, 0.4) is 0 Å². The Morgan fingerprint density at radius 1 is 0.900 bits per heavy atom. The molecule has 2 aliphatic heterocycles. The summed E-state index contributed by atoms with van der Waals surface area (Å²) in [6.45, 7) is -0.523. The normalized spacial score (nSPS) is 29.2. The summed E-state index contributed by atoms with van der Waals surface area (Å²) in [5.74, 6) is -8.61. The van der Waals surface area contributed by atoms with Gasteiger partial charge in [-0.15, -0.1) is 0 Å². The standard InChI is InChI=1S/C27H27IN2O10/c1-40-17-9-11(8-16(28)23(17)35)20-12-2-3-13-21(26(38)29(24(13)36)6-4-18(31)32)14(12)10-15-22(20)27(39)30(25(15)37)7-5-19(33)34/h2,8-9,13-15,20-22,35H,3-7,10H2,1H3,(H,31,32)(H,33,34). The van der Waals surface area contributed by atoms with Gasteiger partial charge in [0.05, 0.1) is 47.2 Å². The van der Waals surface area contributed by atoms with Crippen molar-refractivity contribution in [2.24, 2.45) is 29.6 Å². The third-order valence-corrected chi connectivity index (χ3v) is 9.38. The number of carboxylic acid groups (broad SMARTS) is 2. The Morgan fingerprint density at radius 3 is 2.05 bits per heavy atom. The van der Waals surface area contributed by atoms with Crippen LogP contribution in [0.2, 0.25) is 0 Å². The van der Waals surface area contributed by atoms with Crippen LogP contribution >= 0.6 is 22.6 Å². The van der Waals surface area contributed by atoms with Gasteiger partial charge in [0, 0.05) is 19.0 Å². The van der Waals surface area contributed by atoms with Gasteiger partial charge >= 0.3 is 11.9 Å². The van der Waals surface area contributed by atoms with Crippen molar-refractivity contribution < 1.29 is 48.8 Å². The van der Waals surface area contributed by atoms with E-state index in [4.69, 9.17) is 14.9 Å². The van der Waals surface area contributed by atoms with Gasteiger partial charge in [-0.1, -0.05) is 11.6 Å². The third kappa shape index (κ3) is 4.43. The fourth-order valence-corrected chi connectivity index (χ4v) is 7.50. The lowest BCUT2D eigenvalue weighted by Crippen LogP contribution is -2.43. The zero-order chi connectivity index (χ0) is 29.0. The summed E-state index contributed by atoms with van der Waals surface area (Å²) in [5.41, 5.74) is 1.32. The number of likely N-dealkylation sites (tertiary alicyclic amines) is 2. The first-order valence-electron chi connectivity index (χ1n) is 12.9. The second-order valence-electron chi connectivity index (χ2n) is 10.5. The molecule has 2 heterocycles. The number of aliphatic carboxylic acids is 2. The van der Waals surface area contributed by atoms with Crippen LogP contribution in [0.4, 0.5) is 0 Å². The van der Waals surface area contributed by atoms with Crippen LogP contribution in [0, 0.1) is 33.2 Å². The van der Waals surface area contributed by atoms with E-state index >= 15 is 0 Å². The number of carbonyl (C=O) groups is 6. The highest BCUT2D eigenvalue weighted by atomic mass is 127. The van der Waals surface area contributed by atoms with E-state index in [9.17, 15) is 33.9 Å². The molecule has 0 radical (unpaired) electrons. The number of phenols is 1. The molecule has 2 saturated heterocycles. The lowest BCUT2D eigenvalue weighted by molar-refractivity contribution is -0.145. The Hall–Kier alpha value is -3.49. The van der Waals surface area contributed by atoms with Crippen molar-refractivity contribution in [3.05, 3.63) is 32.9 Å². The van der Waals surface area contributed by atoms with Gasteiger partial charge in [0.2, 0.25) is 23.6 Å². The Morgan fingerprint density at radius 2 is 1.48 bits per heavy atom. The minimum Gasteiger partial charge on any atom is -0.504 e. The van der Waals surface area contributed by atoms with Crippen molar-refractivity contribution >= 4 is 58.2 Å². The molecule has 4 amide bonds. The number of ether oxygens (including phenoxy) is 1. The number of phenolic OH excluding ortho intramolecular Hbond substituents is 1. The van der Waals surface area contributed by atoms with Crippen LogP contribution in [0.5, 0.6) is 11.5 Å². The zero-order valence-corrected chi connectivity index (χ0v) is 23.6. The summed E-state index contributed by atoms with van der Waals surface area (Å²) in [5, 5.41) is 28.7. The highest BCUT2D eigenvalue weighted by Crippen LogP contribution is 2.58. The Kier molecular flexibility index (Phi) is 7.35. The number of carboxylic acids is 2. The highest BCUT2D eigenvalue weighted by molar-refractivity contribution is 14.1. The topological polar surface area (TPSA) is 179 Å². The van der Waals surface area contributed by atoms with Gasteiger partial charge in [-0.2, -0.15) is 0 Å². The number of benzene rings is 1. The summed E-state index contributed by atoms with van der Waals surface area (Å²) in [4.78, 5) is 78.3. The maximum atomic E-state index is 13.7. The van der Waals surface area contributed by atoms with E-state index in [-0.39, 0.29) is 43.9 Å². The number of halogens is 1. The molecule has 0 spiro atoms. The summed E-state index contributed by atoms with van der Waals surface area (Å²) in [6.07, 6.45) is 1.40. The monoisotopic (exact) mass is 666 g/mol. The first-order valence-corrected chi connectivity index (χ1v) is 13.9. The molecule has 13 heteroatoms. The van der Waals surface area contributed by atoms with Crippen molar-refractivity contribution in [1.82, 2.24) is 9.80 Å². The number of fused-ring (bicyclic) bond motifs is 4. The molecular formula is C27H27IN2O10. The van der Waals surface area contributed by atoms with Crippen molar-refractivity contribution in [3.8, 4) is 11.5 Å². The van der Waals surface area contributed by atoms with Crippen molar-refractivity contribution in [3.63, 3.8) is 0 Å². The van der Waals surface area contributed by atoms with Gasteiger partial charge in [0.25, 0.3) is 0 Å². The van der Waals surface area contributed by atoms with Crippen LogP contribution in [0.15, 0.2) is 23.8 Å². The maximum absolute atomic E-state index is 13.7. The van der Waals surface area contributed by atoms with E-state index < -0.39 is 77.5 Å². The van der Waals surface area contributed by atoms with Crippen LogP contribution < -0.4 is 4.74 Å². The number of hydrogen-bond acceptors (Lipinski definition) is 8. The molecule has 0 aromatic heterocycles. The number of carbonyl (C=O) groups excluding carboxylic acids is 4. The van der Waals surface area contributed by atoms with Gasteiger partial charge < -0.3 is 20.1 Å². The van der Waals surface area contributed by atoms with Gasteiger partial charge in [-0.25, -0.2) is 0 Å². The summed E-state index contributed by atoms with van der Waals surface area (Å²) >= 11 is 1.93. The lowest BCUT2D eigenvalue weighted by Gasteiger charge is -2.44. The fourth-order valence-electron chi connectivity index (χ4n) is 6.88. The molecule has 3 N–H and O–H groups in total. The fraction of sp³-hybridized carbons (Fsp3) is 0.481. The second-order valence-corrected chi connectivity index (χ2v) is 11.7. The molecule has 0 bridgehead atoms. The predicted octanol–water partition coefficient (Wildman–Crippen LogP) is 1.59. The quantitative estimate of drug-likeness (QED) is 0.210. The number of hydrogen-bond donors (Lipinski definition) is 3. The van der Waals surface area contributed by atoms with Crippen molar-refractivity contribution in [2.75, 3.05) is 20.2 Å². The number of imide groups is 2. The first kappa shape index (κ1) is 28.1. The molecule has 4 aliphatic rings. The number of rotatable bonds is 8. The Labute approximate surface area is 242 Å². The number of aromatic hydroxyl groups is 1. The Bertz CT molecular complexity index is 1370. The summed E-state index contributed by atoms with van der Waals surface area (Å²) in [7, 11) is 1.39. The lowest BCUT2D eigenvalue weighted by atomic mass is 9.57. The average Bonchev–Trinajstić information content (AvgIpc) is 3.29. The Balaban J connectivity index is 1.60. The summed E-state index contributed by atoms with van der Waals surface area (Å²) < 4.78 is 5.79. The van der Waals surface area contributed by atoms with Gasteiger partial charge in [-0.05, 0) is 59.0 Å². The molecule has 6 unspecified atom stereocenters. The van der Waals surface area contributed by atoms with Crippen LogP contribution in [0.1, 0.15) is 37.2 Å². The minimum atomic E-state index is -1.15. The van der Waals surface area contributed by atoms with Crippen LogP contribution in [-0.4, -0.2) is 80.9 Å². The molecule has 6 atom stereocenters. The molecule has 1 aromatic carbocycles.